The van der Waals surface area contributed by atoms with Gasteiger partial charge in [-0.15, -0.1) is 0 Å². The van der Waals surface area contributed by atoms with Gasteiger partial charge in [0.2, 0.25) is 5.95 Å². The van der Waals surface area contributed by atoms with Crippen LogP contribution in [0.2, 0.25) is 0 Å². The topological polar surface area (TPSA) is 30.0 Å². The molecule has 1 rings (SSSR count). The fourth-order valence-corrected chi connectivity index (χ4v) is 1.32. The van der Waals surface area contributed by atoms with Crippen LogP contribution in [0.4, 0.5) is 13.2 Å². The molecule has 6 heteroatoms. The van der Waals surface area contributed by atoms with E-state index >= 15 is 0 Å². The van der Waals surface area contributed by atoms with Crippen molar-refractivity contribution in [3.05, 3.63) is 28.8 Å². The maximum absolute atomic E-state index is 12.9. The Morgan fingerprint density at radius 1 is 1.57 bits per heavy atom. The summed E-state index contributed by atoms with van der Waals surface area (Å²) in [5, 5.41) is 0.121. The zero-order valence-corrected chi connectivity index (χ0v) is 8.39. The van der Waals surface area contributed by atoms with Crippen LogP contribution in [0, 0.1) is 5.95 Å². The minimum atomic E-state index is -2.95. The number of nitrogens with zero attached hydrogens (tertiary/aromatic N) is 1. The third-order valence-electron chi connectivity index (χ3n) is 1.59. The summed E-state index contributed by atoms with van der Waals surface area (Å²) in [5.41, 5.74) is -1.02. The van der Waals surface area contributed by atoms with E-state index in [4.69, 9.17) is 0 Å². The van der Waals surface area contributed by atoms with Crippen molar-refractivity contribution in [2.45, 2.75) is 11.8 Å². The molecule has 1 aromatic rings. The molecule has 0 aliphatic rings. The lowest BCUT2D eigenvalue weighted by atomic mass is 10.1. The monoisotopic (exact) mass is 267 g/mol. The Balaban J connectivity index is 3.31. The van der Waals surface area contributed by atoms with Gasteiger partial charge in [-0.3, -0.25) is 4.79 Å². The van der Waals surface area contributed by atoms with E-state index in [1.165, 1.54) is 0 Å². The van der Waals surface area contributed by atoms with Crippen molar-refractivity contribution in [1.82, 2.24) is 4.98 Å². The first kappa shape index (κ1) is 11.2. The van der Waals surface area contributed by atoms with Gasteiger partial charge in [-0.1, -0.05) is 15.9 Å². The number of aldehydes is 1. The number of pyridine rings is 1. The first-order chi connectivity index (χ1) is 6.60. The third-order valence-corrected chi connectivity index (χ3v) is 2.19. The summed E-state index contributed by atoms with van der Waals surface area (Å²) >= 11 is 2.95. The fraction of sp³-hybridized carbons (Fsp3) is 0.250. The van der Waals surface area contributed by atoms with E-state index in [2.05, 4.69) is 20.9 Å². The molecule has 0 aliphatic heterocycles. The maximum atomic E-state index is 12.9. The lowest BCUT2D eigenvalue weighted by Gasteiger charge is -2.05. The van der Waals surface area contributed by atoms with Crippen LogP contribution in [0.5, 0.6) is 0 Å². The van der Waals surface area contributed by atoms with Crippen molar-refractivity contribution < 1.29 is 18.0 Å². The minimum absolute atomic E-state index is 0.0801. The molecule has 0 unspecified atom stereocenters. The van der Waals surface area contributed by atoms with Gasteiger partial charge >= 0.3 is 0 Å². The van der Waals surface area contributed by atoms with Crippen LogP contribution in [0.25, 0.3) is 0 Å². The zero-order chi connectivity index (χ0) is 10.7. The molecule has 2 nitrogen and oxygen atoms in total. The summed E-state index contributed by atoms with van der Waals surface area (Å²) in [4.78, 5) is 13.4. The molecule has 0 saturated carbocycles. The predicted molar refractivity (Wildman–Crippen MR) is 47.2 cm³/mol. The van der Waals surface area contributed by atoms with Crippen LogP contribution in [0.1, 0.15) is 28.0 Å². The summed E-state index contributed by atoms with van der Waals surface area (Å²) in [5.74, 6) is -0.984. The molecule has 0 atom stereocenters. The van der Waals surface area contributed by atoms with Gasteiger partial charge in [0.25, 0.3) is 6.43 Å². The Morgan fingerprint density at radius 2 is 2.21 bits per heavy atom. The second-order valence-corrected chi connectivity index (χ2v) is 3.03. The molecule has 0 aromatic carbocycles. The van der Waals surface area contributed by atoms with E-state index in [0.29, 0.717) is 0 Å². The fourth-order valence-electron chi connectivity index (χ4n) is 0.926. The van der Waals surface area contributed by atoms with Crippen LogP contribution >= 0.6 is 15.9 Å². The van der Waals surface area contributed by atoms with E-state index in [-0.39, 0.29) is 22.7 Å². The molecule has 0 saturated heterocycles. The zero-order valence-electron chi connectivity index (χ0n) is 6.81. The number of hydrogen-bond donors (Lipinski definition) is 0. The van der Waals surface area contributed by atoms with Gasteiger partial charge in [-0.05, 0) is 6.07 Å². The second-order valence-electron chi connectivity index (χ2n) is 2.46. The van der Waals surface area contributed by atoms with E-state index in [1.807, 2.05) is 0 Å². The number of rotatable bonds is 3. The van der Waals surface area contributed by atoms with Gasteiger partial charge in [-0.2, -0.15) is 4.39 Å². The largest absolute Gasteiger partial charge is 0.298 e. The van der Waals surface area contributed by atoms with Gasteiger partial charge in [0.1, 0.15) is 5.69 Å². The number of carbonyl (C=O) groups is 1. The average Bonchev–Trinajstić information content (AvgIpc) is 2.17. The van der Waals surface area contributed by atoms with E-state index < -0.39 is 18.1 Å². The normalized spacial score (nSPS) is 10.6. The van der Waals surface area contributed by atoms with E-state index in [1.54, 1.807) is 0 Å². The number of aromatic nitrogens is 1. The van der Waals surface area contributed by atoms with E-state index in [9.17, 15) is 18.0 Å². The Kier molecular flexibility index (Phi) is 3.62. The highest BCUT2D eigenvalue weighted by Crippen LogP contribution is 2.22. The van der Waals surface area contributed by atoms with Crippen molar-refractivity contribution in [1.29, 1.82) is 0 Å². The first-order valence-corrected chi connectivity index (χ1v) is 4.71. The molecule has 0 radical (unpaired) electrons. The van der Waals surface area contributed by atoms with Crippen LogP contribution in [-0.4, -0.2) is 11.3 Å². The van der Waals surface area contributed by atoms with Gasteiger partial charge < -0.3 is 0 Å². The van der Waals surface area contributed by atoms with Crippen molar-refractivity contribution >= 4 is 22.2 Å². The summed E-state index contributed by atoms with van der Waals surface area (Å²) in [6.45, 7) is 0. The Morgan fingerprint density at radius 3 is 2.64 bits per heavy atom. The number of alkyl halides is 3. The minimum Gasteiger partial charge on any atom is -0.298 e. The lowest BCUT2D eigenvalue weighted by Crippen LogP contribution is -2.03. The summed E-state index contributed by atoms with van der Waals surface area (Å²) in [7, 11) is 0. The van der Waals surface area contributed by atoms with Gasteiger partial charge in [-0.25, -0.2) is 13.8 Å². The molecule has 0 N–H and O–H groups in total. The predicted octanol–water partition coefficient (Wildman–Crippen LogP) is 2.87. The van der Waals surface area contributed by atoms with Gasteiger partial charge in [0.05, 0.1) is 0 Å². The maximum Gasteiger partial charge on any atom is 0.281 e. The number of halogens is 4. The molecule has 14 heavy (non-hydrogen) atoms. The van der Waals surface area contributed by atoms with E-state index in [0.717, 1.165) is 6.07 Å². The highest BCUT2D eigenvalue weighted by molar-refractivity contribution is 9.08. The Labute approximate surface area is 86.3 Å². The molecule has 0 bridgehead atoms. The Hall–Kier alpha value is -0.910. The summed E-state index contributed by atoms with van der Waals surface area (Å²) in [6.07, 6.45) is -2.71. The number of hydrogen-bond acceptors (Lipinski definition) is 2. The standard InChI is InChI=1S/C8H5BrF3NO/c9-2-4-1-5(3-14)6(7(10)11)13-8(4)12/h1,3,7H,2H2. The van der Waals surface area contributed by atoms with Crippen molar-refractivity contribution in [3.8, 4) is 0 Å². The summed E-state index contributed by atoms with van der Waals surface area (Å²) in [6, 6.07) is 1.06. The van der Waals surface area contributed by atoms with Crippen molar-refractivity contribution in [3.63, 3.8) is 0 Å². The molecule has 76 valence electrons. The highest BCUT2D eigenvalue weighted by atomic mass is 79.9. The molecule has 0 fully saturated rings. The molecule has 1 heterocycles. The molecule has 0 amide bonds. The molecular weight excluding hydrogens is 263 g/mol. The average molecular weight is 268 g/mol. The van der Waals surface area contributed by atoms with Crippen molar-refractivity contribution in [2.75, 3.05) is 0 Å². The van der Waals surface area contributed by atoms with Crippen LogP contribution in [0.3, 0.4) is 0 Å². The molecule has 0 spiro atoms. The quantitative estimate of drug-likeness (QED) is 0.479. The van der Waals surface area contributed by atoms with Crippen LogP contribution < -0.4 is 0 Å². The lowest BCUT2D eigenvalue weighted by molar-refractivity contribution is 0.110. The summed E-state index contributed by atoms with van der Waals surface area (Å²) < 4.78 is 37.4. The van der Waals surface area contributed by atoms with Gasteiger partial charge in [0.15, 0.2) is 6.29 Å². The SMILES string of the molecule is O=Cc1cc(CBr)c(F)nc1C(F)F. The van der Waals surface area contributed by atoms with Crippen molar-refractivity contribution in [2.24, 2.45) is 0 Å². The highest BCUT2D eigenvalue weighted by Gasteiger charge is 2.17. The molecule has 1 aromatic heterocycles. The first-order valence-electron chi connectivity index (χ1n) is 3.58. The van der Waals surface area contributed by atoms with Crippen LogP contribution in [-0.2, 0) is 5.33 Å². The van der Waals surface area contributed by atoms with Gasteiger partial charge in [0, 0.05) is 16.5 Å². The Bertz CT molecular complexity index is 357. The molecular formula is C8H5BrF3NO. The molecule has 0 aliphatic carbocycles. The second kappa shape index (κ2) is 4.54. The third kappa shape index (κ3) is 2.12. The van der Waals surface area contributed by atoms with Crippen LogP contribution in [0.15, 0.2) is 6.07 Å². The number of carbonyl (C=O) groups excluding carboxylic acids is 1. The smallest absolute Gasteiger partial charge is 0.281 e.